The average Bonchev–Trinajstić information content (AvgIpc) is 3.45. The third-order valence-corrected chi connectivity index (χ3v) is 3.86. The molecule has 0 heterocycles. The lowest BCUT2D eigenvalue weighted by Crippen LogP contribution is -2.19. The Morgan fingerprint density at radius 3 is 2.42 bits per heavy atom. The van der Waals surface area contributed by atoms with Gasteiger partial charge >= 0.3 is 0 Å². The highest BCUT2D eigenvalue weighted by molar-refractivity contribution is 6.02. The van der Waals surface area contributed by atoms with Crippen LogP contribution in [0.25, 0.3) is 0 Å². The van der Waals surface area contributed by atoms with Crippen molar-refractivity contribution in [2.24, 2.45) is 11.0 Å². The van der Waals surface area contributed by atoms with Gasteiger partial charge in [-0.05, 0) is 49.6 Å². The molecular formula is C19H19N3O2. The van der Waals surface area contributed by atoms with E-state index in [9.17, 15) is 9.59 Å². The molecule has 2 amide bonds. The maximum atomic E-state index is 12.0. The van der Waals surface area contributed by atoms with Crippen LogP contribution in [0, 0.1) is 5.92 Å². The van der Waals surface area contributed by atoms with Crippen molar-refractivity contribution >= 4 is 23.2 Å². The Labute approximate surface area is 140 Å². The first-order chi connectivity index (χ1) is 11.6. The Balaban J connectivity index is 1.66. The lowest BCUT2D eigenvalue weighted by atomic mass is 10.1. The summed E-state index contributed by atoms with van der Waals surface area (Å²) in [4.78, 5) is 23.8. The molecule has 3 rings (SSSR count). The van der Waals surface area contributed by atoms with Crippen molar-refractivity contribution in [1.82, 2.24) is 5.43 Å². The highest BCUT2D eigenvalue weighted by Gasteiger charge is 2.29. The summed E-state index contributed by atoms with van der Waals surface area (Å²) in [6.45, 7) is 1.81. The van der Waals surface area contributed by atoms with Gasteiger partial charge in [-0.2, -0.15) is 5.10 Å². The zero-order valence-corrected chi connectivity index (χ0v) is 13.5. The van der Waals surface area contributed by atoms with Crippen molar-refractivity contribution < 1.29 is 9.59 Å². The van der Waals surface area contributed by atoms with Gasteiger partial charge in [0.15, 0.2) is 0 Å². The molecule has 0 spiro atoms. The van der Waals surface area contributed by atoms with Gasteiger partial charge in [-0.3, -0.25) is 9.59 Å². The van der Waals surface area contributed by atoms with Gasteiger partial charge in [0.2, 0.25) is 5.91 Å². The van der Waals surface area contributed by atoms with E-state index in [2.05, 4.69) is 15.8 Å². The molecule has 122 valence electrons. The molecule has 1 aliphatic carbocycles. The summed E-state index contributed by atoms with van der Waals surface area (Å²) in [6.07, 6.45) is 1.94. The Hall–Kier alpha value is -2.95. The van der Waals surface area contributed by atoms with E-state index in [0.717, 1.165) is 24.1 Å². The molecule has 0 unspecified atom stereocenters. The van der Waals surface area contributed by atoms with Gasteiger partial charge in [0, 0.05) is 17.2 Å². The van der Waals surface area contributed by atoms with Crippen molar-refractivity contribution in [3.05, 3.63) is 65.7 Å². The van der Waals surface area contributed by atoms with Crippen LogP contribution in [0.1, 0.15) is 35.7 Å². The van der Waals surface area contributed by atoms with Crippen LogP contribution in [-0.2, 0) is 4.79 Å². The van der Waals surface area contributed by atoms with Gasteiger partial charge in [0.25, 0.3) is 5.91 Å². The first kappa shape index (κ1) is 15.9. The van der Waals surface area contributed by atoms with Crippen molar-refractivity contribution in [2.75, 3.05) is 5.32 Å². The molecule has 5 nitrogen and oxygen atoms in total. The topological polar surface area (TPSA) is 70.6 Å². The van der Waals surface area contributed by atoms with E-state index in [1.807, 2.05) is 37.3 Å². The molecule has 0 radical (unpaired) electrons. The molecule has 1 saturated carbocycles. The minimum atomic E-state index is -0.256. The van der Waals surface area contributed by atoms with E-state index in [0.29, 0.717) is 11.3 Å². The predicted molar refractivity (Wildman–Crippen MR) is 93.9 cm³/mol. The van der Waals surface area contributed by atoms with Crippen molar-refractivity contribution in [3.63, 3.8) is 0 Å². The number of rotatable bonds is 5. The summed E-state index contributed by atoms with van der Waals surface area (Å²) in [5.41, 5.74) is 5.36. The summed E-state index contributed by atoms with van der Waals surface area (Å²) in [5, 5.41) is 7.05. The molecule has 2 aromatic rings. The van der Waals surface area contributed by atoms with E-state index in [1.165, 1.54) is 0 Å². The minimum Gasteiger partial charge on any atom is -0.326 e. The Bertz CT molecular complexity index is 780. The SMILES string of the molecule is C/C(=N/NC(=O)c1ccccc1)c1cccc(NC(=O)C2CC2)c1. The van der Waals surface area contributed by atoms with Gasteiger partial charge in [-0.15, -0.1) is 0 Å². The number of hydrogen-bond acceptors (Lipinski definition) is 3. The van der Waals surface area contributed by atoms with Crippen LogP contribution >= 0.6 is 0 Å². The molecule has 1 fully saturated rings. The second-order valence-electron chi connectivity index (χ2n) is 5.85. The summed E-state index contributed by atoms with van der Waals surface area (Å²) in [6, 6.07) is 16.4. The first-order valence-corrected chi connectivity index (χ1v) is 7.94. The predicted octanol–water partition coefficient (Wildman–Crippen LogP) is 3.19. The first-order valence-electron chi connectivity index (χ1n) is 7.94. The number of carbonyl (C=O) groups is 2. The van der Waals surface area contributed by atoms with Crippen molar-refractivity contribution in [1.29, 1.82) is 0 Å². The summed E-state index contributed by atoms with van der Waals surface area (Å²) >= 11 is 0. The van der Waals surface area contributed by atoms with Crippen molar-refractivity contribution in [3.8, 4) is 0 Å². The number of nitrogens with one attached hydrogen (secondary N) is 2. The fraction of sp³-hybridized carbons (Fsp3) is 0.211. The van der Waals surface area contributed by atoms with Gasteiger partial charge < -0.3 is 5.32 Å². The second kappa shape index (κ2) is 7.08. The Morgan fingerprint density at radius 2 is 1.71 bits per heavy atom. The third kappa shape index (κ3) is 4.07. The molecule has 0 atom stereocenters. The lowest BCUT2D eigenvalue weighted by Gasteiger charge is -2.07. The van der Waals surface area contributed by atoms with Crippen LogP contribution in [-0.4, -0.2) is 17.5 Å². The number of anilines is 1. The number of amides is 2. The molecule has 0 saturated heterocycles. The van der Waals surface area contributed by atoms with Crippen LogP contribution in [0.15, 0.2) is 59.7 Å². The Morgan fingerprint density at radius 1 is 1.00 bits per heavy atom. The van der Waals surface area contributed by atoms with Gasteiger partial charge in [-0.1, -0.05) is 30.3 Å². The maximum Gasteiger partial charge on any atom is 0.271 e. The Kier molecular flexibility index (Phi) is 4.70. The smallest absolute Gasteiger partial charge is 0.271 e. The van der Waals surface area contributed by atoms with Crippen LogP contribution in [0.2, 0.25) is 0 Å². The molecule has 24 heavy (non-hydrogen) atoms. The second-order valence-corrected chi connectivity index (χ2v) is 5.85. The highest BCUT2D eigenvalue weighted by atomic mass is 16.2. The number of carbonyl (C=O) groups excluding carboxylic acids is 2. The van der Waals surface area contributed by atoms with E-state index in [1.54, 1.807) is 24.3 Å². The highest BCUT2D eigenvalue weighted by Crippen LogP contribution is 2.30. The molecule has 0 bridgehead atoms. The van der Waals surface area contributed by atoms with Gasteiger partial charge in [0.1, 0.15) is 0 Å². The zero-order valence-electron chi connectivity index (χ0n) is 13.5. The summed E-state index contributed by atoms with van der Waals surface area (Å²) in [5.74, 6) is -0.0270. The van der Waals surface area contributed by atoms with Crippen LogP contribution < -0.4 is 10.7 Å². The quantitative estimate of drug-likeness (QED) is 0.656. The summed E-state index contributed by atoms with van der Waals surface area (Å²) in [7, 11) is 0. The number of nitrogens with zero attached hydrogens (tertiary/aromatic N) is 1. The number of hydrazone groups is 1. The fourth-order valence-corrected chi connectivity index (χ4v) is 2.27. The van der Waals surface area contributed by atoms with Crippen molar-refractivity contribution in [2.45, 2.75) is 19.8 Å². The van der Waals surface area contributed by atoms with Crippen LogP contribution in [0.4, 0.5) is 5.69 Å². The third-order valence-electron chi connectivity index (χ3n) is 3.86. The molecule has 1 aliphatic rings. The average molecular weight is 321 g/mol. The molecule has 5 heteroatoms. The monoisotopic (exact) mass is 321 g/mol. The normalized spacial score (nSPS) is 14.1. The maximum absolute atomic E-state index is 12.0. The minimum absolute atomic E-state index is 0.0686. The lowest BCUT2D eigenvalue weighted by molar-refractivity contribution is -0.117. The largest absolute Gasteiger partial charge is 0.326 e. The van der Waals surface area contributed by atoms with E-state index < -0.39 is 0 Å². The van der Waals surface area contributed by atoms with E-state index >= 15 is 0 Å². The van der Waals surface area contributed by atoms with Crippen LogP contribution in [0.3, 0.4) is 0 Å². The number of hydrogen-bond donors (Lipinski definition) is 2. The molecular weight excluding hydrogens is 302 g/mol. The van der Waals surface area contributed by atoms with Gasteiger partial charge in [-0.25, -0.2) is 5.43 Å². The zero-order chi connectivity index (χ0) is 16.9. The molecule has 0 aromatic heterocycles. The summed E-state index contributed by atoms with van der Waals surface area (Å²) < 4.78 is 0. The van der Waals surface area contributed by atoms with Gasteiger partial charge in [0.05, 0.1) is 5.71 Å². The van der Waals surface area contributed by atoms with E-state index in [-0.39, 0.29) is 17.7 Å². The molecule has 2 aromatic carbocycles. The fourth-order valence-electron chi connectivity index (χ4n) is 2.27. The van der Waals surface area contributed by atoms with E-state index in [4.69, 9.17) is 0 Å². The molecule has 2 N–H and O–H groups in total. The van der Waals surface area contributed by atoms with Crippen LogP contribution in [0.5, 0.6) is 0 Å². The molecule has 0 aliphatic heterocycles. The number of benzene rings is 2. The standard InChI is InChI=1S/C19H19N3O2/c1-13(21-22-19(24)14-6-3-2-4-7-14)16-8-5-9-17(12-16)20-18(23)15-10-11-15/h2-9,12,15H,10-11H2,1H3,(H,20,23)(H,22,24)/b21-13-.